The van der Waals surface area contributed by atoms with Crippen molar-refractivity contribution >= 4 is 17.6 Å². The number of ether oxygens (including phenoxy) is 1. The molecule has 29 heavy (non-hydrogen) atoms. The summed E-state index contributed by atoms with van der Waals surface area (Å²) in [7, 11) is 0. The third kappa shape index (κ3) is 4.60. The predicted octanol–water partition coefficient (Wildman–Crippen LogP) is 1.50. The maximum Gasteiger partial charge on any atom is 0.320 e. The minimum atomic E-state index is -2.58. The molecule has 0 saturated carbocycles. The molecule has 0 radical (unpaired) electrons. The third-order valence-corrected chi connectivity index (χ3v) is 5.65. The van der Waals surface area contributed by atoms with Crippen LogP contribution in [0.25, 0.3) is 0 Å². The fourth-order valence-corrected chi connectivity index (χ4v) is 3.90. The van der Waals surface area contributed by atoms with Crippen molar-refractivity contribution in [2.45, 2.75) is 18.3 Å². The average molecular weight is 408 g/mol. The number of nitrogens with one attached hydrogen (secondary N) is 1. The summed E-state index contributed by atoms with van der Waals surface area (Å²) in [5.41, 5.74) is 1.93. The van der Waals surface area contributed by atoms with E-state index in [0.29, 0.717) is 45.8 Å². The molecule has 3 heterocycles. The van der Waals surface area contributed by atoms with Crippen molar-refractivity contribution < 1.29 is 23.1 Å². The summed E-state index contributed by atoms with van der Waals surface area (Å²) < 4.78 is 31.3. The Bertz CT molecular complexity index is 745. The average Bonchev–Trinajstić information content (AvgIpc) is 2.64. The fourth-order valence-electron chi connectivity index (χ4n) is 3.90. The number of benzene rings is 1. The van der Waals surface area contributed by atoms with Gasteiger partial charge in [-0.05, 0) is 24.1 Å². The van der Waals surface area contributed by atoms with E-state index in [9.17, 15) is 18.4 Å². The van der Waals surface area contributed by atoms with Crippen LogP contribution in [0.3, 0.4) is 0 Å². The maximum absolute atomic E-state index is 13.0. The van der Waals surface area contributed by atoms with Gasteiger partial charge in [-0.25, -0.2) is 13.6 Å². The number of alkyl halides is 2. The number of anilines is 1. The van der Waals surface area contributed by atoms with Gasteiger partial charge >= 0.3 is 6.03 Å². The lowest BCUT2D eigenvalue weighted by molar-refractivity contribution is -0.126. The Labute approximate surface area is 168 Å². The number of likely N-dealkylation sites (tertiary alicyclic amines) is 1. The Morgan fingerprint density at radius 1 is 1.10 bits per heavy atom. The van der Waals surface area contributed by atoms with Gasteiger partial charge in [0.1, 0.15) is 6.61 Å². The summed E-state index contributed by atoms with van der Waals surface area (Å²) >= 11 is 0. The molecule has 4 rings (SSSR count). The largest absolute Gasteiger partial charge is 0.372 e. The molecular weight excluding hydrogens is 382 g/mol. The van der Waals surface area contributed by atoms with E-state index in [1.54, 1.807) is 9.80 Å². The summed E-state index contributed by atoms with van der Waals surface area (Å²) in [6, 6.07) is 7.67. The molecule has 3 fully saturated rings. The highest BCUT2D eigenvalue weighted by molar-refractivity contribution is 5.78. The summed E-state index contributed by atoms with van der Waals surface area (Å²) in [6.45, 7) is 2.86. The van der Waals surface area contributed by atoms with E-state index in [-0.39, 0.29) is 37.6 Å². The van der Waals surface area contributed by atoms with E-state index in [1.165, 1.54) is 0 Å². The molecule has 0 aliphatic carbocycles. The van der Waals surface area contributed by atoms with Crippen molar-refractivity contribution in [2.75, 3.05) is 63.9 Å². The lowest BCUT2D eigenvalue weighted by atomic mass is 9.91. The minimum Gasteiger partial charge on any atom is -0.372 e. The van der Waals surface area contributed by atoms with Crippen molar-refractivity contribution in [3.8, 4) is 0 Å². The fraction of sp³-hybridized carbons (Fsp3) is 0.600. The van der Waals surface area contributed by atoms with Gasteiger partial charge in [-0.2, -0.15) is 0 Å². The molecule has 7 nitrogen and oxygen atoms in total. The maximum atomic E-state index is 13.0. The van der Waals surface area contributed by atoms with E-state index in [1.807, 2.05) is 29.2 Å². The second kappa shape index (κ2) is 8.14. The van der Waals surface area contributed by atoms with Crippen molar-refractivity contribution in [3.05, 3.63) is 29.8 Å². The molecule has 0 atom stereocenters. The topological polar surface area (TPSA) is 65.1 Å². The molecular formula is C20H26F2N4O3. The molecule has 1 N–H and O–H groups in total. The summed E-state index contributed by atoms with van der Waals surface area (Å²) in [5, 5.41) is 2.75. The first-order valence-electron chi connectivity index (χ1n) is 10.0. The SMILES string of the molecule is O=C1COCCCN(C(=O)N2CC(c3ccc(N4CC(F)(F)C4)cc3)C2)CCN1. The standard InChI is InChI=1S/C20H26F2N4O3/c21-20(22)13-26(14-20)17-4-2-15(3-5-17)16-10-25(11-16)19(28)24-7-1-9-29-12-18(27)23-6-8-24/h2-5,16H,1,6-14H2,(H,23,27). The molecule has 0 aromatic heterocycles. The van der Waals surface area contributed by atoms with Gasteiger partial charge in [-0.3, -0.25) is 4.79 Å². The van der Waals surface area contributed by atoms with Gasteiger partial charge in [-0.15, -0.1) is 0 Å². The number of hydrogen-bond donors (Lipinski definition) is 1. The van der Waals surface area contributed by atoms with Gasteiger partial charge in [0.05, 0.1) is 13.1 Å². The molecule has 1 aromatic rings. The van der Waals surface area contributed by atoms with Crippen LogP contribution in [0, 0.1) is 0 Å². The molecule has 0 spiro atoms. The molecule has 3 amide bonds. The lowest BCUT2D eigenvalue weighted by Crippen LogP contribution is -2.56. The summed E-state index contributed by atoms with van der Waals surface area (Å²) in [5.74, 6) is -2.48. The van der Waals surface area contributed by atoms with Gasteiger partial charge in [0.15, 0.2) is 0 Å². The molecule has 3 saturated heterocycles. The van der Waals surface area contributed by atoms with Crippen LogP contribution >= 0.6 is 0 Å². The van der Waals surface area contributed by atoms with Crippen molar-refractivity contribution in [2.24, 2.45) is 0 Å². The Balaban J connectivity index is 1.27. The highest BCUT2D eigenvalue weighted by Crippen LogP contribution is 2.34. The summed E-state index contributed by atoms with van der Waals surface area (Å²) in [6.07, 6.45) is 0.702. The van der Waals surface area contributed by atoms with Crippen molar-refractivity contribution in [1.82, 2.24) is 15.1 Å². The summed E-state index contributed by atoms with van der Waals surface area (Å²) in [4.78, 5) is 29.5. The van der Waals surface area contributed by atoms with Crippen LogP contribution in [-0.4, -0.2) is 86.7 Å². The molecule has 158 valence electrons. The van der Waals surface area contributed by atoms with Crippen LogP contribution in [0.4, 0.5) is 19.3 Å². The van der Waals surface area contributed by atoms with Crippen LogP contribution in [0.2, 0.25) is 0 Å². The van der Waals surface area contributed by atoms with Gasteiger partial charge in [0.2, 0.25) is 5.91 Å². The van der Waals surface area contributed by atoms with E-state index < -0.39 is 5.92 Å². The number of rotatable bonds is 2. The quantitative estimate of drug-likeness (QED) is 0.806. The van der Waals surface area contributed by atoms with Crippen LogP contribution < -0.4 is 10.2 Å². The number of nitrogens with zero attached hydrogens (tertiary/aromatic N) is 3. The first kappa shape index (κ1) is 19.9. The van der Waals surface area contributed by atoms with Crippen molar-refractivity contribution in [1.29, 1.82) is 0 Å². The molecule has 3 aliphatic rings. The van der Waals surface area contributed by atoms with Crippen LogP contribution in [0.15, 0.2) is 24.3 Å². The molecule has 9 heteroatoms. The highest BCUT2D eigenvalue weighted by Gasteiger charge is 2.44. The third-order valence-electron chi connectivity index (χ3n) is 5.65. The van der Waals surface area contributed by atoms with E-state index >= 15 is 0 Å². The smallest absolute Gasteiger partial charge is 0.320 e. The van der Waals surface area contributed by atoms with E-state index in [2.05, 4.69) is 5.32 Å². The number of amides is 3. The monoisotopic (exact) mass is 408 g/mol. The Hall–Kier alpha value is -2.42. The number of carbonyl (C=O) groups is 2. The molecule has 0 unspecified atom stereocenters. The van der Waals surface area contributed by atoms with Crippen molar-refractivity contribution in [3.63, 3.8) is 0 Å². The first-order valence-corrected chi connectivity index (χ1v) is 10.0. The van der Waals surface area contributed by atoms with Gasteiger partial charge in [0.25, 0.3) is 5.92 Å². The number of halogens is 2. The Morgan fingerprint density at radius 2 is 1.83 bits per heavy atom. The number of hydrogen-bond acceptors (Lipinski definition) is 4. The van der Waals surface area contributed by atoms with Crippen LogP contribution in [-0.2, 0) is 9.53 Å². The van der Waals surface area contributed by atoms with Gasteiger partial charge < -0.3 is 24.8 Å². The second-order valence-electron chi connectivity index (χ2n) is 7.93. The zero-order valence-corrected chi connectivity index (χ0v) is 16.3. The van der Waals surface area contributed by atoms with Gasteiger partial charge in [-0.1, -0.05) is 12.1 Å². The van der Waals surface area contributed by atoms with Crippen LogP contribution in [0.5, 0.6) is 0 Å². The lowest BCUT2D eigenvalue weighted by Gasteiger charge is -2.43. The van der Waals surface area contributed by atoms with E-state index in [0.717, 1.165) is 11.3 Å². The molecule has 1 aromatic carbocycles. The number of urea groups is 1. The molecule has 3 aliphatic heterocycles. The Kier molecular flexibility index (Phi) is 5.58. The Morgan fingerprint density at radius 3 is 2.52 bits per heavy atom. The zero-order valence-electron chi connectivity index (χ0n) is 16.3. The first-order chi connectivity index (χ1) is 13.9. The normalized spacial score (nSPS) is 23.1. The minimum absolute atomic E-state index is 0.0181. The van der Waals surface area contributed by atoms with Gasteiger partial charge in [0, 0.05) is 50.9 Å². The second-order valence-corrected chi connectivity index (χ2v) is 7.93. The zero-order chi connectivity index (χ0) is 20.4. The predicted molar refractivity (Wildman–Crippen MR) is 103 cm³/mol. The van der Waals surface area contributed by atoms with E-state index in [4.69, 9.17) is 4.74 Å². The van der Waals surface area contributed by atoms with Crippen LogP contribution in [0.1, 0.15) is 17.9 Å². The highest BCUT2D eigenvalue weighted by atomic mass is 19.3. The molecule has 0 bridgehead atoms. The number of carbonyl (C=O) groups excluding carboxylic acids is 2.